The Hall–Kier alpha value is -1.00. The van der Waals surface area contributed by atoms with Gasteiger partial charge in [0.05, 0.1) is 6.54 Å². The molecular formula is C10H9ClN4O2S3. The lowest BCUT2D eigenvalue weighted by atomic mass is 10.6. The highest BCUT2D eigenvalue weighted by Crippen LogP contribution is 2.25. The van der Waals surface area contributed by atoms with E-state index in [2.05, 4.69) is 14.7 Å². The number of halogens is 1. The number of aryl methyl sites for hydroxylation is 1. The largest absolute Gasteiger partial charge is 0.279 e. The Bertz CT molecular complexity index is 864. The van der Waals surface area contributed by atoms with Crippen LogP contribution in [-0.2, 0) is 16.6 Å². The molecule has 3 aromatic heterocycles. The van der Waals surface area contributed by atoms with Crippen LogP contribution in [0.3, 0.4) is 0 Å². The van der Waals surface area contributed by atoms with Gasteiger partial charge in [0.15, 0.2) is 15.1 Å². The van der Waals surface area contributed by atoms with Gasteiger partial charge < -0.3 is 0 Å². The molecule has 0 aromatic carbocycles. The van der Waals surface area contributed by atoms with Gasteiger partial charge in [-0.25, -0.2) is 23.1 Å². The van der Waals surface area contributed by atoms with Gasteiger partial charge in [0.25, 0.3) is 10.0 Å². The van der Waals surface area contributed by atoms with Crippen LogP contribution in [0.1, 0.15) is 9.88 Å². The van der Waals surface area contributed by atoms with Crippen molar-refractivity contribution in [1.29, 1.82) is 0 Å². The van der Waals surface area contributed by atoms with E-state index in [-0.39, 0.29) is 16.7 Å². The number of nitrogens with zero attached hydrogens (tertiary/aromatic N) is 3. The highest BCUT2D eigenvalue weighted by atomic mass is 35.5. The molecular weight excluding hydrogens is 340 g/mol. The van der Waals surface area contributed by atoms with Gasteiger partial charge in [0.1, 0.15) is 5.01 Å². The number of thiazole rings is 2. The Morgan fingerprint density at radius 2 is 2.30 bits per heavy atom. The van der Waals surface area contributed by atoms with E-state index in [1.165, 1.54) is 27.1 Å². The summed E-state index contributed by atoms with van der Waals surface area (Å²) < 4.78 is 28.6. The molecule has 0 bridgehead atoms. The van der Waals surface area contributed by atoms with Crippen molar-refractivity contribution in [2.24, 2.45) is 0 Å². The van der Waals surface area contributed by atoms with Crippen LogP contribution in [0.5, 0.6) is 0 Å². The third-order valence-electron chi connectivity index (χ3n) is 2.52. The van der Waals surface area contributed by atoms with Crippen LogP contribution in [0.4, 0.5) is 0 Å². The Morgan fingerprint density at radius 3 is 3.00 bits per heavy atom. The maximum atomic E-state index is 12.3. The molecule has 0 saturated heterocycles. The molecule has 0 saturated carbocycles. The van der Waals surface area contributed by atoms with Crippen molar-refractivity contribution in [1.82, 2.24) is 19.1 Å². The summed E-state index contributed by atoms with van der Waals surface area (Å²) in [4.78, 5) is 9.70. The summed E-state index contributed by atoms with van der Waals surface area (Å²) in [5, 5.41) is 2.39. The highest BCUT2D eigenvalue weighted by molar-refractivity contribution is 7.89. The number of fused-ring (bicyclic) bond motifs is 1. The summed E-state index contributed by atoms with van der Waals surface area (Å²) in [5.74, 6) is 0. The zero-order valence-electron chi connectivity index (χ0n) is 10.2. The monoisotopic (exact) mass is 348 g/mol. The summed E-state index contributed by atoms with van der Waals surface area (Å²) in [6, 6.07) is 0. The van der Waals surface area contributed by atoms with Gasteiger partial charge in [-0.2, -0.15) is 0 Å². The first-order valence-electron chi connectivity index (χ1n) is 5.49. The van der Waals surface area contributed by atoms with Crippen molar-refractivity contribution in [3.63, 3.8) is 0 Å². The van der Waals surface area contributed by atoms with Gasteiger partial charge in [-0.1, -0.05) is 11.6 Å². The van der Waals surface area contributed by atoms with Crippen LogP contribution >= 0.6 is 34.3 Å². The van der Waals surface area contributed by atoms with Gasteiger partial charge in [-0.05, 0) is 6.92 Å². The van der Waals surface area contributed by atoms with E-state index in [1.807, 2.05) is 6.92 Å². The Balaban J connectivity index is 1.91. The molecule has 0 fully saturated rings. The van der Waals surface area contributed by atoms with Crippen LogP contribution < -0.4 is 4.72 Å². The predicted molar refractivity (Wildman–Crippen MR) is 79.0 cm³/mol. The van der Waals surface area contributed by atoms with Crippen LogP contribution in [-0.4, -0.2) is 22.8 Å². The van der Waals surface area contributed by atoms with E-state index in [4.69, 9.17) is 11.6 Å². The summed E-state index contributed by atoms with van der Waals surface area (Å²) in [7, 11) is -3.74. The van der Waals surface area contributed by atoms with E-state index in [1.54, 1.807) is 17.8 Å². The van der Waals surface area contributed by atoms with E-state index in [9.17, 15) is 8.42 Å². The van der Waals surface area contributed by atoms with Crippen LogP contribution in [0.25, 0.3) is 4.96 Å². The van der Waals surface area contributed by atoms with E-state index in [0.29, 0.717) is 9.97 Å². The molecule has 20 heavy (non-hydrogen) atoms. The zero-order valence-corrected chi connectivity index (χ0v) is 13.4. The van der Waals surface area contributed by atoms with Crippen molar-refractivity contribution in [3.8, 4) is 0 Å². The summed E-state index contributed by atoms with van der Waals surface area (Å²) in [6.45, 7) is 2.05. The fourth-order valence-electron chi connectivity index (χ4n) is 1.69. The molecule has 6 nitrogen and oxygen atoms in total. The molecule has 3 heterocycles. The first kappa shape index (κ1) is 14.0. The lowest BCUT2D eigenvalue weighted by molar-refractivity contribution is 0.576. The number of imidazole rings is 1. The second kappa shape index (κ2) is 5.08. The fourth-order valence-corrected chi connectivity index (χ4v) is 4.94. The van der Waals surface area contributed by atoms with Crippen LogP contribution in [0.15, 0.2) is 22.8 Å². The zero-order chi connectivity index (χ0) is 14.3. The maximum absolute atomic E-state index is 12.3. The van der Waals surface area contributed by atoms with E-state index < -0.39 is 10.0 Å². The molecule has 0 amide bonds. The van der Waals surface area contributed by atoms with Crippen LogP contribution in [0.2, 0.25) is 5.15 Å². The number of hydrogen-bond acceptors (Lipinski definition) is 6. The Kier molecular flexibility index (Phi) is 3.55. The standard InChI is InChI=1S/C10H9ClN4O2S3/c1-6-4-12-7(19-6)5-13-20(16,17)9-8(11)14-10-15(9)2-3-18-10/h2-4,13H,5H2,1H3. The molecule has 0 radical (unpaired) electrons. The fraction of sp³-hybridized carbons (Fsp3) is 0.200. The lowest BCUT2D eigenvalue weighted by Crippen LogP contribution is -2.24. The molecule has 0 atom stereocenters. The van der Waals surface area contributed by atoms with Crippen LogP contribution in [0, 0.1) is 6.92 Å². The first-order valence-corrected chi connectivity index (χ1v) is 9.05. The second-order valence-corrected chi connectivity index (χ2v) is 8.19. The summed E-state index contributed by atoms with van der Waals surface area (Å²) >= 11 is 8.69. The minimum Gasteiger partial charge on any atom is -0.279 e. The third-order valence-corrected chi connectivity index (χ3v) is 5.98. The normalized spacial score (nSPS) is 12.3. The van der Waals surface area contributed by atoms with Gasteiger partial charge in [-0.15, -0.1) is 22.7 Å². The second-order valence-electron chi connectivity index (χ2n) is 3.95. The Morgan fingerprint density at radius 1 is 1.50 bits per heavy atom. The molecule has 10 heteroatoms. The molecule has 0 spiro atoms. The van der Waals surface area contributed by atoms with Crippen molar-refractivity contribution >= 4 is 49.3 Å². The number of sulfonamides is 1. The molecule has 1 N–H and O–H groups in total. The number of hydrogen-bond donors (Lipinski definition) is 1. The first-order chi connectivity index (χ1) is 9.47. The lowest BCUT2D eigenvalue weighted by Gasteiger charge is -2.04. The highest BCUT2D eigenvalue weighted by Gasteiger charge is 2.25. The smallest absolute Gasteiger partial charge is 0.260 e. The molecule has 106 valence electrons. The van der Waals surface area contributed by atoms with Crippen molar-refractivity contribution in [2.45, 2.75) is 18.5 Å². The quantitative estimate of drug-likeness (QED) is 0.784. The minimum absolute atomic E-state index is 0.0281. The van der Waals surface area contributed by atoms with Crippen molar-refractivity contribution in [2.75, 3.05) is 0 Å². The summed E-state index contributed by atoms with van der Waals surface area (Å²) in [6.07, 6.45) is 3.33. The minimum atomic E-state index is -3.74. The average molecular weight is 349 g/mol. The topological polar surface area (TPSA) is 76.4 Å². The number of nitrogens with one attached hydrogen (secondary N) is 1. The van der Waals surface area contributed by atoms with Crippen molar-refractivity contribution < 1.29 is 8.42 Å². The van der Waals surface area contributed by atoms with Crippen molar-refractivity contribution in [3.05, 3.63) is 32.8 Å². The SMILES string of the molecule is Cc1cnc(CNS(=O)(=O)c2c(Cl)nc3sccn23)s1. The number of aromatic nitrogens is 3. The van der Waals surface area contributed by atoms with Gasteiger partial charge in [-0.3, -0.25) is 4.40 Å². The Labute approximate surface area is 128 Å². The third kappa shape index (κ3) is 2.47. The predicted octanol–water partition coefficient (Wildman–Crippen LogP) is 2.29. The average Bonchev–Trinajstić information content (AvgIpc) is 3.02. The van der Waals surface area contributed by atoms with E-state index >= 15 is 0 Å². The molecule has 0 aliphatic rings. The van der Waals surface area contributed by atoms with Gasteiger partial charge in [0.2, 0.25) is 0 Å². The van der Waals surface area contributed by atoms with E-state index in [0.717, 1.165) is 4.88 Å². The molecule has 3 rings (SSSR count). The molecule has 3 aromatic rings. The number of rotatable bonds is 4. The molecule has 0 aliphatic carbocycles. The molecule has 0 unspecified atom stereocenters. The summed E-state index contributed by atoms with van der Waals surface area (Å²) in [5.41, 5.74) is 0. The van der Waals surface area contributed by atoms with Gasteiger partial charge >= 0.3 is 0 Å². The molecule has 0 aliphatic heterocycles. The van der Waals surface area contributed by atoms with Gasteiger partial charge in [0, 0.05) is 22.7 Å². The maximum Gasteiger partial charge on any atom is 0.260 e.